The van der Waals surface area contributed by atoms with E-state index in [4.69, 9.17) is 0 Å². The minimum Gasteiger partial charge on any atom is -0.340 e. The van der Waals surface area contributed by atoms with Crippen molar-refractivity contribution in [2.24, 2.45) is 0 Å². The van der Waals surface area contributed by atoms with Gasteiger partial charge in [0.25, 0.3) is 0 Å². The van der Waals surface area contributed by atoms with Crippen molar-refractivity contribution in [1.29, 1.82) is 0 Å². The number of benzene rings is 1. The van der Waals surface area contributed by atoms with Gasteiger partial charge in [-0.25, -0.2) is 8.42 Å². The first-order chi connectivity index (χ1) is 11.4. The monoisotopic (exact) mass is 347 g/mol. The third-order valence-electron chi connectivity index (χ3n) is 3.58. The third kappa shape index (κ3) is 5.43. The molecule has 7 heteroatoms. The topological polar surface area (TPSA) is 70.6 Å². The summed E-state index contributed by atoms with van der Waals surface area (Å²) < 4.78 is 25.2. The zero-order chi connectivity index (χ0) is 17.6. The molecule has 0 fully saturated rings. The molecule has 1 aromatic carbocycles. The quantitative estimate of drug-likeness (QED) is 0.761. The molecule has 6 nitrogen and oxygen atoms in total. The molecule has 1 amide bonds. The molecule has 0 aliphatic carbocycles. The van der Waals surface area contributed by atoms with E-state index in [0.717, 1.165) is 17.4 Å². The SMILES string of the molecule is CN(Cc1ccccc1)C(=O)CN(Cc1ccncc1)S(C)(=O)=O. The van der Waals surface area contributed by atoms with Crippen LogP contribution in [0.25, 0.3) is 0 Å². The van der Waals surface area contributed by atoms with Gasteiger partial charge < -0.3 is 4.90 Å². The Morgan fingerprint density at radius 3 is 2.17 bits per heavy atom. The summed E-state index contributed by atoms with van der Waals surface area (Å²) in [5.74, 6) is -0.252. The van der Waals surface area contributed by atoms with Crippen LogP contribution in [0, 0.1) is 0 Å². The Morgan fingerprint density at radius 2 is 1.58 bits per heavy atom. The summed E-state index contributed by atoms with van der Waals surface area (Å²) in [5, 5.41) is 0. The molecule has 1 aromatic heterocycles. The van der Waals surface area contributed by atoms with Gasteiger partial charge in [0.05, 0.1) is 12.8 Å². The molecule has 128 valence electrons. The van der Waals surface area contributed by atoms with Crippen LogP contribution < -0.4 is 0 Å². The van der Waals surface area contributed by atoms with Gasteiger partial charge in [-0.1, -0.05) is 30.3 Å². The average Bonchev–Trinajstić information content (AvgIpc) is 2.55. The number of likely N-dealkylation sites (N-methyl/N-ethyl adjacent to an activating group) is 1. The molecule has 0 N–H and O–H groups in total. The van der Waals surface area contributed by atoms with Crippen molar-refractivity contribution in [1.82, 2.24) is 14.2 Å². The number of carbonyl (C=O) groups is 1. The molecule has 1 heterocycles. The number of hydrogen-bond acceptors (Lipinski definition) is 4. The highest BCUT2D eigenvalue weighted by atomic mass is 32.2. The third-order valence-corrected chi connectivity index (χ3v) is 4.77. The number of amides is 1. The van der Waals surface area contributed by atoms with Crippen molar-refractivity contribution in [3.05, 3.63) is 66.0 Å². The second kappa shape index (κ2) is 8.03. The van der Waals surface area contributed by atoms with Crippen LogP contribution >= 0.6 is 0 Å². The second-order valence-electron chi connectivity index (χ2n) is 5.62. The van der Waals surface area contributed by atoms with Gasteiger partial charge in [0, 0.05) is 32.5 Å². The van der Waals surface area contributed by atoms with Gasteiger partial charge in [0.1, 0.15) is 0 Å². The van der Waals surface area contributed by atoms with Gasteiger partial charge >= 0.3 is 0 Å². The van der Waals surface area contributed by atoms with Gasteiger partial charge in [-0.05, 0) is 23.3 Å². The van der Waals surface area contributed by atoms with Gasteiger partial charge in [-0.15, -0.1) is 0 Å². The van der Waals surface area contributed by atoms with E-state index in [1.165, 1.54) is 9.21 Å². The molecule has 0 saturated carbocycles. The summed E-state index contributed by atoms with van der Waals surface area (Å²) in [4.78, 5) is 17.8. The molecule has 2 rings (SSSR count). The molecule has 0 bridgehead atoms. The highest BCUT2D eigenvalue weighted by Crippen LogP contribution is 2.09. The van der Waals surface area contributed by atoms with Crippen molar-refractivity contribution >= 4 is 15.9 Å². The number of pyridine rings is 1. The fourth-order valence-corrected chi connectivity index (χ4v) is 2.93. The number of aromatic nitrogens is 1. The predicted molar refractivity (Wildman–Crippen MR) is 92.4 cm³/mol. The highest BCUT2D eigenvalue weighted by Gasteiger charge is 2.22. The van der Waals surface area contributed by atoms with Crippen molar-refractivity contribution in [3.63, 3.8) is 0 Å². The Balaban J connectivity index is 2.04. The van der Waals surface area contributed by atoms with Crippen LogP contribution in [0.5, 0.6) is 0 Å². The fourth-order valence-electron chi connectivity index (χ4n) is 2.20. The average molecular weight is 347 g/mol. The van der Waals surface area contributed by atoms with E-state index in [9.17, 15) is 13.2 Å². The van der Waals surface area contributed by atoms with Crippen LogP contribution in [0.4, 0.5) is 0 Å². The lowest BCUT2D eigenvalue weighted by molar-refractivity contribution is -0.130. The largest absolute Gasteiger partial charge is 0.340 e. The van der Waals surface area contributed by atoms with Gasteiger partial charge in [-0.2, -0.15) is 4.31 Å². The van der Waals surface area contributed by atoms with E-state index in [-0.39, 0.29) is 19.0 Å². The second-order valence-corrected chi connectivity index (χ2v) is 7.60. The lowest BCUT2D eigenvalue weighted by atomic mass is 10.2. The van der Waals surface area contributed by atoms with Crippen LogP contribution in [0.3, 0.4) is 0 Å². The molecule has 0 saturated heterocycles. The maximum Gasteiger partial charge on any atom is 0.237 e. The van der Waals surface area contributed by atoms with Crippen molar-refractivity contribution in [2.45, 2.75) is 13.1 Å². The van der Waals surface area contributed by atoms with E-state index in [2.05, 4.69) is 4.98 Å². The molecule has 0 unspecified atom stereocenters. The summed E-state index contributed by atoms with van der Waals surface area (Å²) in [6.07, 6.45) is 4.30. The van der Waals surface area contributed by atoms with Crippen LogP contribution in [-0.4, -0.2) is 48.4 Å². The number of sulfonamides is 1. The van der Waals surface area contributed by atoms with Crippen LogP contribution in [0.15, 0.2) is 54.9 Å². The molecule has 0 atom stereocenters. The molecule has 0 aliphatic rings. The first-order valence-corrected chi connectivity index (χ1v) is 9.33. The summed E-state index contributed by atoms with van der Waals surface area (Å²) in [5.41, 5.74) is 1.78. The molecule has 0 radical (unpaired) electrons. The first-order valence-electron chi connectivity index (χ1n) is 7.48. The van der Waals surface area contributed by atoms with Crippen LogP contribution in [0.2, 0.25) is 0 Å². The van der Waals surface area contributed by atoms with Gasteiger partial charge in [-0.3, -0.25) is 9.78 Å². The Morgan fingerprint density at radius 1 is 1.00 bits per heavy atom. The van der Waals surface area contributed by atoms with E-state index < -0.39 is 10.0 Å². The van der Waals surface area contributed by atoms with Gasteiger partial charge in [0.15, 0.2) is 0 Å². The first kappa shape index (κ1) is 18.1. The predicted octanol–water partition coefficient (Wildman–Crippen LogP) is 1.50. The van der Waals surface area contributed by atoms with E-state index in [0.29, 0.717) is 6.54 Å². The van der Waals surface area contributed by atoms with Crippen molar-refractivity contribution in [3.8, 4) is 0 Å². The smallest absolute Gasteiger partial charge is 0.237 e. The molecular formula is C17H21N3O3S. The number of hydrogen-bond donors (Lipinski definition) is 0. The maximum atomic E-state index is 12.4. The number of rotatable bonds is 7. The Hall–Kier alpha value is -2.25. The zero-order valence-corrected chi connectivity index (χ0v) is 14.6. The summed E-state index contributed by atoms with van der Waals surface area (Å²) in [6, 6.07) is 13.0. The van der Waals surface area contributed by atoms with Crippen molar-refractivity contribution < 1.29 is 13.2 Å². The normalized spacial score (nSPS) is 11.5. The lowest BCUT2D eigenvalue weighted by Gasteiger charge is -2.23. The molecule has 24 heavy (non-hydrogen) atoms. The zero-order valence-electron chi connectivity index (χ0n) is 13.8. The van der Waals surface area contributed by atoms with Crippen LogP contribution in [0.1, 0.15) is 11.1 Å². The highest BCUT2D eigenvalue weighted by molar-refractivity contribution is 7.88. The molecular weight excluding hydrogens is 326 g/mol. The summed E-state index contributed by atoms with van der Waals surface area (Å²) >= 11 is 0. The minimum atomic E-state index is -3.50. The summed E-state index contributed by atoms with van der Waals surface area (Å²) in [6.45, 7) is 0.392. The lowest BCUT2D eigenvalue weighted by Crippen LogP contribution is -2.40. The minimum absolute atomic E-state index is 0.145. The van der Waals surface area contributed by atoms with E-state index >= 15 is 0 Å². The van der Waals surface area contributed by atoms with Crippen LogP contribution in [-0.2, 0) is 27.9 Å². The molecule has 0 aliphatic heterocycles. The van der Waals surface area contributed by atoms with Gasteiger partial charge in [0.2, 0.25) is 15.9 Å². The molecule has 2 aromatic rings. The maximum absolute atomic E-state index is 12.4. The van der Waals surface area contributed by atoms with Crippen molar-refractivity contribution in [2.75, 3.05) is 19.8 Å². The Labute approximate surface area is 142 Å². The number of nitrogens with zero attached hydrogens (tertiary/aromatic N) is 3. The standard InChI is InChI=1S/C17H21N3O3S/c1-19(12-15-6-4-3-5-7-15)17(21)14-20(24(2,22)23)13-16-8-10-18-11-9-16/h3-11H,12-14H2,1-2H3. The van der Waals surface area contributed by atoms with E-state index in [1.54, 1.807) is 31.6 Å². The van der Waals surface area contributed by atoms with E-state index in [1.807, 2.05) is 30.3 Å². The fraction of sp³-hybridized carbons (Fsp3) is 0.294. The summed E-state index contributed by atoms with van der Waals surface area (Å²) in [7, 11) is -1.83. The Bertz CT molecular complexity index is 764. The molecule has 0 spiro atoms. The number of carbonyl (C=O) groups excluding carboxylic acids is 1. The Kier molecular flexibility index (Phi) is 6.05.